The highest BCUT2D eigenvalue weighted by molar-refractivity contribution is 5.77. The van der Waals surface area contributed by atoms with Crippen LogP contribution in [0.25, 0.3) is 0 Å². The highest BCUT2D eigenvalue weighted by Crippen LogP contribution is 2.14. The van der Waals surface area contributed by atoms with Crippen LogP contribution in [0.2, 0.25) is 0 Å². The molecule has 0 aliphatic heterocycles. The number of aromatic nitrogens is 1. The molecule has 0 bridgehead atoms. The fraction of sp³-hybridized carbons (Fsp3) is 0.316. The smallest absolute Gasteiger partial charge is 0.151 e. The predicted octanol–water partition coefficient (Wildman–Crippen LogP) is 4.24. The van der Waals surface area contributed by atoms with Crippen molar-refractivity contribution in [2.45, 2.75) is 33.9 Å². The number of rotatable bonds is 7. The third kappa shape index (κ3) is 4.41. The lowest BCUT2D eigenvalue weighted by Gasteiger charge is -2.13. The monoisotopic (exact) mass is 324 g/mol. The molecule has 0 atom stereocenters. The minimum Gasteiger partial charge on any atom is -0.347 e. The van der Waals surface area contributed by atoms with Gasteiger partial charge in [-0.15, -0.1) is 0 Å². The third-order valence-electron chi connectivity index (χ3n) is 4.08. The van der Waals surface area contributed by atoms with Crippen molar-refractivity contribution in [3.05, 3.63) is 70.7 Å². The number of hydrogen-bond acceptors (Lipinski definition) is 3. The molecule has 126 valence electrons. The summed E-state index contributed by atoms with van der Waals surface area (Å²) in [4.78, 5) is 11.0. The van der Waals surface area contributed by atoms with Crippen molar-refractivity contribution in [2.75, 3.05) is 7.05 Å². The van der Waals surface area contributed by atoms with Crippen molar-refractivity contribution in [3.63, 3.8) is 0 Å². The summed E-state index contributed by atoms with van der Waals surface area (Å²) < 4.78 is 2.06. The molecule has 0 amide bonds. The second-order valence-electron chi connectivity index (χ2n) is 5.82. The van der Waals surface area contributed by atoms with Gasteiger partial charge in [-0.05, 0) is 38.0 Å². The lowest BCUT2D eigenvalue weighted by atomic mass is 10.1. The van der Waals surface area contributed by atoms with E-state index >= 15 is 0 Å². The van der Waals surface area contributed by atoms with Crippen LogP contribution >= 0.6 is 0 Å². The molecule has 0 fully saturated rings. The second-order valence-corrected chi connectivity index (χ2v) is 5.82. The Morgan fingerprint density at radius 3 is 2.46 bits per heavy atom. The Morgan fingerprint density at radius 1 is 1.17 bits per heavy atom. The van der Waals surface area contributed by atoms with Gasteiger partial charge in [0.15, 0.2) is 6.29 Å². The Hall–Kier alpha value is -2.69. The second kappa shape index (κ2) is 8.24. The van der Waals surface area contributed by atoms with E-state index in [1.165, 1.54) is 11.1 Å². The van der Waals surface area contributed by atoms with E-state index in [-0.39, 0.29) is 0 Å². The number of carbonyl (C=O) groups excluding carboxylic acids is 1. The molecule has 0 saturated heterocycles. The zero-order valence-electron chi connectivity index (χ0n) is 14.7. The van der Waals surface area contributed by atoms with Crippen molar-refractivity contribution in [3.8, 4) is 0 Å². The average Bonchev–Trinajstić information content (AvgIpc) is 2.85. The van der Waals surface area contributed by atoms with Gasteiger partial charge in [0.05, 0.1) is 13.6 Å². The highest BCUT2D eigenvalue weighted by Gasteiger charge is 2.06. The lowest BCUT2D eigenvalue weighted by molar-refractivity contribution is 0.112. The van der Waals surface area contributed by atoms with Crippen LogP contribution in [-0.4, -0.2) is 22.9 Å². The molecule has 0 N–H and O–H groups in total. The number of hydrogen-bond donors (Lipinski definition) is 0. The van der Waals surface area contributed by atoms with Crippen LogP contribution in [0.1, 0.15) is 32.7 Å². The Labute approximate surface area is 143 Å². The Balaban J connectivity index is 2.06. The number of aryl methyl sites for hydroxylation is 1. The van der Waals surface area contributed by atoms with Crippen LogP contribution in [-0.2, 0) is 13.1 Å². The van der Waals surface area contributed by atoms with Gasteiger partial charge in [-0.2, -0.15) is 5.11 Å². The predicted molar refractivity (Wildman–Crippen MR) is 95.9 cm³/mol. The summed E-state index contributed by atoms with van der Waals surface area (Å²) in [5.74, 6) is 0. The highest BCUT2D eigenvalue weighted by atomic mass is 16.1. The summed E-state index contributed by atoms with van der Waals surface area (Å²) in [7, 11) is 1.66. The van der Waals surface area contributed by atoms with E-state index in [2.05, 4.69) is 46.1 Å². The number of carbonyl (C=O) groups is 1. The number of benzene rings is 1. The SMILES string of the molecule is CN=NN(/C=C/Cn1cc(C=O)c(C)c1C)Cc1ccc(C)cc1. The maximum atomic E-state index is 11.0. The molecule has 5 nitrogen and oxygen atoms in total. The first-order chi connectivity index (χ1) is 11.5. The molecule has 1 heterocycles. The fourth-order valence-corrected chi connectivity index (χ4v) is 2.49. The quantitative estimate of drug-likeness (QED) is 0.434. The molecule has 1 aromatic heterocycles. The molecular formula is C19H24N4O. The molecular weight excluding hydrogens is 300 g/mol. The van der Waals surface area contributed by atoms with Crippen LogP contribution in [0, 0.1) is 20.8 Å². The van der Waals surface area contributed by atoms with Crippen molar-refractivity contribution in [2.24, 2.45) is 10.3 Å². The number of nitrogens with zero attached hydrogens (tertiary/aromatic N) is 4. The molecule has 0 aliphatic rings. The summed E-state index contributed by atoms with van der Waals surface area (Å²) in [6.45, 7) is 7.41. The van der Waals surface area contributed by atoms with Crippen LogP contribution < -0.4 is 0 Å². The number of allylic oxidation sites excluding steroid dienone is 1. The minimum absolute atomic E-state index is 0.664. The molecule has 0 saturated carbocycles. The topological polar surface area (TPSA) is 50.0 Å². The molecule has 2 rings (SSSR count). The van der Waals surface area contributed by atoms with Gasteiger partial charge in [-0.1, -0.05) is 35.1 Å². The third-order valence-corrected chi connectivity index (χ3v) is 4.08. The standard InChI is InChI=1S/C19H24N4O/c1-15-6-8-18(9-7-15)12-23(21-20-4)11-5-10-22-13-19(14-24)16(2)17(22)3/h5-9,11,13-14H,10,12H2,1-4H3/b11-5+,21-20?. The average molecular weight is 324 g/mol. The number of aldehydes is 1. The van der Waals surface area contributed by atoms with E-state index in [0.717, 1.165) is 23.1 Å². The van der Waals surface area contributed by atoms with Gasteiger partial charge in [0, 0.05) is 30.2 Å². The van der Waals surface area contributed by atoms with E-state index < -0.39 is 0 Å². The maximum Gasteiger partial charge on any atom is 0.151 e. The minimum atomic E-state index is 0.664. The first-order valence-corrected chi connectivity index (χ1v) is 7.95. The van der Waals surface area contributed by atoms with E-state index in [1.54, 1.807) is 12.1 Å². The van der Waals surface area contributed by atoms with E-state index in [4.69, 9.17) is 0 Å². The van der Waals surface area contributed by atoms with Crippen LogP contribution in [0.3, 0.4) is 0 Å². The Bertz CT molecular complexity index is 741. The van der Waals surface area contributed by atoms with Gasteiger partial charge in [0.1, 0.15) is 0 Å². The van der Waals surface area contributed by atoms with Crippen LogP contribution in [0.4, 0.5) is 0 Å². The molecule has 0 spiro atoms. The molecule has 24 heavy (non-hydrogen) atoms. The van der Waals surface area contributed by atoms with Crippen LogP contribution in [0.15, 0.2) is 53.1 Å². The van der Waals surface area contributed by atoms with Crippen molar-refractivity contribution in [1.82, 2.24) is 9.58 Å². The van der Waals surface area contributed by atoms with E-state index in [9.17, 15) is 4.79 Å². The van der Waals surface area contributed by atoms with Crippen LogP contribution in [0.5, 0.6) is 0 Å². The van der Waals surface area contributed by atoms with Gasteiger partial charge in [-0.3, -0.25) is 9.80 Å². The first kappa shape index (κ1) is 17.7. The summed E-state index contributed by atoms with van der Waals surface area (Å²) in [6, 6.07) is 8.37. The largest absolute Gasteiger partial charge is 0.347 e. The van der Waals surface area contributed by atoms with E-state index in [1.807, 2.05) is 32.3 Å². The molecule has 0 aliphatic carbocycles. The Kier molecular flexibility index (Phi) is 6.07. The molecule has 1 aromatic carbocycles. The van der Waals surface area contributed by atoms with Gasteiger partial charge in [0.25, 0.3) is 0 Å². The zero-order chi connectivity index (χ0) is 17.5. The van der Waals surface area contributed by atoms with Gasteiger partial charge in [-0.25, -0.2) is 0 Å². The molecule has 0 radical (unpaired) electrons. The zero-order valence-corrected chi connectivity index (χ0v) is 14.7. The van der Waals surface area contributed by atoms with Crippen molar-refractivity contribution >= 4 is 6.29 Å². The maximum absolute atomic E-state index is 11.0. The molecule has 5 heteroatoms. The molecule has 0 unspecified atom stereocenters. The first-order valence-electron chi connectivity index (χ1n) is 7.95. The molecule has 2 aromatic rings. The van der Waals surface area contributed by atoms with Crippen molar-refractivity contribution < 1.29 is 4.79 Å². The summed E-state index contributed by atoms with van der Waals surface area (Å²) in [5, 5.41) is 9.81. The lowest BCUT2D eigenvalue weighted by Crippen LogP contribution is -2.09. The van der Waals surface area contributed by atoms with Gasteiger partial charge >= 0.3 is 0 Å². The Morgan fingerprint density at radius 2 is 1.88 bits per heavy atom. The summed E-state index contributed by atoms with van der Waals surface area (Å²) in [5.41, 5.74) is 5.29. The normalized spacial score (nSPS) is 11.5. The van der Waals surface area contributed by atoms with Gasteiger partial charge < -0.3 is 4.57 Å². The summed E-state index contributed by atoms with van der Waals surface area (Å²) in [6.07, 6.45) is 6.72. The van der Waals surface area contributed by atoms with E-state index in [0.29, 0.717) is 13.1 Å². The van der Waals surface area contributed by atoms with Gasteiger partial charge in [0.2, 0.25) is 0 Å². The van der Waals surface area contributed by atoms with Crippen molar-refractivity contribution in [1.29, 1.82) is 0 Å². The summed E-state index contributed by atoms with van der Waals surface area (Å²) >= 11 is 0. The fourth-order valence-electron chi connectivity index (χ4n) is 2.49.